The molecule has 0 aliphatic carbocycles. The number of carbonyl (C=O) groups is 2. The van der Waals surface area contributed by atoms with Crippen molar-refractivity contribution >= 4 is 38.3 Å². The summed E-state index contributed by atoms with van der Waals surface area (Å²) in [7, 11) is -3.86. The quantitative estimate of drug-likeness (QED) is 0.504. The molecule has 0 bridgehead atoms. The van der Waals surface area contributed by atoms with Crippen molar-refractivity contribution in [1.82, 2.24) is 10.2 Å². The van der Waals surface area contributed by atoms with Crippen molar-refractivity contribution in [3.05, 3.63) is 78.1 Å². The second-order valence-electron chi connectivity index (χ2n) is 7.95. The summed E-state index contributed by atoms with van der Waals surface area (Å²) < 4.78 is 40.9. The summed E-state index contributed by atoms with van der Waals surface area (Å²) in [5, 5.41) is 4.15. The summed E-state index contributed by atoms with van der Waals surface area (Å²) in [5.74, 6) is -1.55. The van der Waals surface area contributed by atoms with E-state index in [2.05, 4.69) is 5.32 Å². The van der Waals surface area contributed by atoms with Crippen LogP contribution in [0.25, 0.3) is 10.8 Å². The molecule has 0 heterocycles. The fraction of sp³-hybridized carbons (Fsp3) is 0.280. The van der Waals surface area contributed by atoms with Gasteiger partial charge < -0.3 is 10.2 Å². The number of nitrogens with zero attached hydrogens (tertiary/aromatic N) is 2. The van der Waals surface area contributed by atoms with Crippen LogP contribution in [0, 0.1) is 5.82 Å². The lowest BCUT2D eigenvalue weighted by atomic mass is 10.1. The van der Waals surface area contributed by atoms with Crippen LogP contribution in [-0.4, -0.2) is 50.5 Å². The fourth-order valence-corrected chi connectivity index (χ4v) is 4.60. The second kappa shape index (κ2) is 10.6. The predicted octanol–water partition coefficient (Wildman–Crippen LogP) is 3.30. The number of amides is 2. The van der Waals surface area contributed by atoms with Gasteiger partial charge in [0, 0.05) is 24.0 Å². The number of hydrogen-bond acceptors (Lipinski definition) is 4. The van der Waals surface area contributed by atoms with E-state index in [0.29, 0.717) is 17.6 Å². The van der Waals surface area contributed by atoms with Crippen molar-refractivity contribution in [3.63, 3.8) is 0 Å². The maximum absolute atomic E-state index is 14.4. The zero-order chi connectivity index (χ0) is 24.9. The van der Waals surface area contributed by atoms with E-state index in [1.54, 1.807) is 37.3 Å². The standard InChI is InChI=1S/C25H28FN3O4S/c1-4-27-25(31)18(2)28(16-20-11-6-8-14-22(20)26)24(30)17-29(34(3,32)33)23-15-9-12-19-10-5-7-13-21(19)23/h5-15,18H,4,16-17H2,1-3H3,(H,27,31)/t18-/m0/s1. The van der Waals surface area contributed by atoms with Gasteiger partial charge in [0.05, 0.1) is 11.9 Å². The average molecular weight is 486 g/mol. The van der Waals surface area contributed by atoms with Crippen molar-refractivity contribution in [1.29, 1.82) is 0 Å². The SMILES string of the molecule is CCNC(=O)[C@H](C)N(Cc1ccccc1F)C(=O)CN(c1cccc2ccccc12)S(C)(=O)=O. The number of hydrogen-bond donors (Lipinski definition) is 1. The molecule has 1 atom stereocenters. The van der Waals surface area contributed by atoms with E-state index in [9.17, 15) is 22.4 Å². The van der Waals surface area contributed by atoms with Crippen LogP contribution in [0.1, 0.15) is 19.4 Å². The van der Waals surface area contributed by atoms with Gasteiger partial charge in [-0.2, -0.15) is 0 Å². The van der Waals surface area contributed by atoms with Gasteiger partial charge in [-0.25, -0.2) is 12.8 Å². The van der Waals surface area contributed by atoms with Crippen LogP contribution in [-0.2, 0) is 26.2 Å². The lowest BCUT2D eigenvalue weighted by Gasteiger charge is -2.31. The molecule has 0 aromatic heterocycles. The molecule has 1 N–H and O–H groups in total. The van der Waals surface area contributed by atoms with Crippen LogP contribution in [0.5, 0.6) is 0 Å². The number of sulfonamides is 1. The molecule has 0 saturated heterocycles. The van der Waals surface area contributed by atoms with Gasteiger partial charge in [0.2, 0.25) is 21.8 Å². The lowest BCUT2D eigenvalue weighted by molar-refractivity contribution is -0.139. The fourth-order valence-electron chi connectivity index (χ4n) is 3.74. The smallest absolute Gasteiger partial charge is 0.244 e. The Kier molecular flexibility index (Phi) is 7.88. The van der Waals surface area contributed by atoms with Crippen LogP contribution < -0.4 is 9.62 Å². The van der Waals surface area contributed by atoms with Crippen molar-refractivity contribution in [2.45, 2.75) is 26.4 Å². The van der Waals surface area contributed by atoms with E-state index in [1.807, 2.05) is 18.2 Å². The first-order chi connectivity index (χ1) is 16.1. The molecule has 3 aromatic rings. The maximum Gasteiger partial charge on any atom is 0.244 e. The molecular weight excluding hydrogens is 457 g/mol. The van der Waals surface area contributed by atoms with Crippen LogP contribution >= 0.6 is 0 Å². The lowest BCUT2D eigenvalue weighted by Crippen LogP contribution is -2.51. The minimum atomic E-state index is -3.86. The predicted molar refractivity (Wildman–Crippen MR) is 131 cm³/mol. The first-order valence-corrected chi connectivity index (χ1v) is 12.7. The molecule has 3 rings (SSSR count). The third-order valence-electron chi connectivity index (χ3n) is 5.53. The van der Waals surface area contributed by atoms with Gasteiger partial charge in [-0.05, 0) is 31.4 Å². The molecule has 2 amide bonds. The summed E-state index contributed by atoms with van der Waals surface area (Å²) >= 11 is 0. The van der Waals surface area contributed by atoms with Crippen molar-refractivity contribution in [2.75, 3.05) is 23.7 Å². The number of rotatable bonds is 9. The Hall–Kier alpha value is -3.46. The van der Waals surface area contributed by atoms with Gasteiger partial charge >= 0.3 is 0 Å². The first-order valence-electron chi connectivity index (χ1n) is 10.9. The molecular formula is C25H28FN3O4S. The van der Waals surface area contributed by atoms with Crippen LogP contribution in [0.2, 0.25) is 0 Å². The summed E-state index contributed by atoms with van der Waals surface area (Å²) in [6.45, 7) is 2.92. The Labute approximate surface area is 199 Å². The van der Waals surface area contributed by atoms with Crippen molar-refractivity contribution in [3.8, 4) is 0 Å². The molecule has 0 saturated carbocycles. The highest BCUT2D eigenvalue weighted by molar-refractivity contribution is 7.92. The average Bonchev–Trinajstić information content (AvgIpc) is 2.80. The molecule has 0 aliphatic heterocycles. The van der Waals surface area contributed by atoms with Gasteiger partial charge in [-0.3, -0.25) is 13.9 Å². The van der Waals surface area contributed by atoms with E-state index in [0.717, 1.165) is 15.9 Å². The number of likely N-dealkylation sites (N-methyl/N-ethyl adjacent to an activating group) is 1. The highest BCUT2D eigenvalue weighted by atomic mass is 32.2. The molecule has 0 unspecified atom stereocenters. The molecule has 0 aliphatic rings. The summed E-state index contributed by atoms with van der Waals surface area (Å²) in [6.07, 6.45) is 1.02. The normalized spacial score (nSPS) is 12.2. The molecule has 0 radical (unpaired) electrons. The molecule has 7 nitrogen and oxygen atoms in total. The van der Waals surface area contributed by atoms with Gasteiger partial charge in [-0.1, -0.05) is 54.6 Å². The Bertz CT molecular complexity index is 1290. The first kappa shape index (κ1) is 25.2. The van der Waals surface area contributed by atoms with E-state index < -0.39 is 40.2 Å². The van der Waals surface area contributed by atoms with E-state index in [1.165, 1.54) is 30.0 Å². The van der Waals surface area contributed by atoms with Crippen molar-refractivity contribution in [2.24, 2.45) is 0 Å². The van der Waals surface area contributed by atoms with E-state index >= 15 is 0 Å². The van der Waals surface area contributed by atoms with Crippen LogP contribution in [0.3, 0.4) is 0 Å². The molecule has 180 valence electrons. The minimum absolute atomic E-state index is 0.184. The van der Waals surface area contributed by atoms with E-state index in [4.69, 9.17) is 0 Å². The molecule has 9 heteroatoms. The number of fused-ring (bicyclic) bond motifs is 1. The molecule has 34 heavy (non-hydrogen) atoms. The summed E-state index contributed by atoms with van der Waals surface area (Å²) in [4.78, 5) is 27.3. The Morgan fingerprint density at radius 2 is 1.65 bits per heavy atom. The van der Waals surface area contributed by atoms with Gasteiger partial charge in [0.15, 0.2) is 0 Å². The number of halogens is 1. The minimum Gasteiger partial charge on any atom is -0.355 e. The molecule has 3 aromatic carbocycles. The largest absolute Gasteiger partial charge is 0.355 e. The van der Waals surface area contributed by atoms with Crippen molar-refractivity contribution < 1.29 is 22.4 Å². The summed E-state index contributed by atoms with van der Waals surface area (Å²) in [5.41, 5.74) is 0.577. The number of benzene rings is 3. The molecule has 0 spiro atoms. The monoisotopic (exact) mass is 485 g/mol. The molecule has 0 fully saturated rings. The van der Waals surface area contributed by atoms with Gasteiger partial charge in [-0.15, -0.1) is 0 Å². The van der Waals surface area contributed by atoms with Gasteiger partial charge in [0.25, 0.3) is 0 Å². The third-order valence-corrected chi connectivity index (χ3v) is 6.66. The second-order valence-corrected chi connectivity index (χ2v) is 9.86. The zero-order valence-electron chi connectivity index (χ0n) is 19.4. The number of anilines is 1. The maximum atomic E-state index is 14.4. The Morgan fingerprint density at radius 1 is 1.00 bits per heavy atom. The topological polar surface area (TPSA) is 86.8 Å². The highest BCUT2D eigenvalue weighted by Crippen LogP contribution is 2.28. The zero-order valence-corrected chi connectivity index (χ0v) is 20.2. The highest BCUT2D eigenvalue weighted by Gasteiger charge is 2.30. The Morgan fingerprint density at radius 3 is 2.32 bits per heavy atom. The third kappa shape index (κ3) is 5.72. The van der Waals surface area contributed by atoms with E-state index in [-0.39, 0.29) is 12.1 Å². The summed E-state index contributed by atoms with van der Waals surface area (Å²) in [6, 6.07) is 17.5. The number of carbonyl (C=O) groups excluding carboxylic acids is 2. The number of nitrogens with one attached hydrogen (secondary N) is 1. The van der Waals surface area contributed by atoms with Crippen LogP contribution in [0.4, 0.5) is 10.1 Å². The van der Waals surface area contributed by atoms with Gasteiger partial charge in [0.1, 0.15) is 18.4 Å². The van der Waals surface area contributed by atoms with Crippen LogP contribution in [0.15, 0.2) is 66.7 Å². The Balaban J connectivity index is 2.01.